The molecular weight excluding hydrogens is 1730 g/mol. The summed E-state index contributed by atoms with van der Waals surface area (Å²) in [5.74, 6) is 7.82. The van der Waals surface area contributed by atoms with E-state index in [0.29, 0.717) is 130 Å². The number of hydrogen-bond donors (Lipinski definition) is 8. The Morgan fingerprint density at radius 2 is 0.681 bits per heavy atom. The molecule has 38 heteroatoms. The number of hydrogen-bond acceptors (Lipinski definition) is 29. The molecule has 135 heavy (non-hydrogen) atoms. The Labute approximate surface area is 783 Å². The van der Waals surface area contributed by atoms with Crippen molar-refractivity contribution < 1.29 is 38.1 Å². The first kappa shape index (κ1) is 92.1. The third kappa shape index (κ3) is 21.8. The zero-order valence-electron chi connectivity index (χ0n) is 77.2. The molecule has 0 spiro atoms. The molecule has 37 nitrogen and oxygen atoms in total. The Hall–Kier alpha value is -14.8. The fourth-order valence-electron chi connectivity index (χ4n) is 17.6. The number of aromatic amines is 4. The molecule has 4 fully saturated rings. The topological polar surface area (TPSA) is 449 Å². The number of fused-ring (bicyclic) bond motifs is 8. The molecule has 0 radical (unpaired) electrons. The minimum atomic E-state index is -0.229. The Morgan fingerprint density at radius 1 is 0.363 bits per heavy atom. The van der Waals surface area contributed by atoms with Crippen LogP contribution in [-0.4, -0.2) is 227 Å². The predicted octanol–water partition coefficient (Wildman–Crippen LogP) is 15.5. The van der Waals surface area contributed by atoms with Crippen LogP contribution in [0.4, 0.5) is 23.3 Å². The smallest absolute Gasteiger partial charge is 0.225 e. The van der Waals surface area contributed by atoms with Gasteiger partial charge in [-0.1, -0.05) is 72.3 Å². The minimum Gasteiger partial charge on any atom is -0.477 e. The molecule has 4 aliphatic heterocycles. The Morgan fingerprint density at radius 3 is 1.08 bits per heavy atom. The molecule has 4 aromatic carbocycles. The SMILES string of the molecule is CC(=O)N1CCC(COc2nc(C(C)Nc3ncnc4nc[nH]c34)cc3cccc(C)c23)CC1.CC(=O)N1CCC(COc2nc(C(C)Nc3ncnc4nc[nH]c34)cc3cccc(Cl)c23)CC1.CC(=O)N1CCC(COc2nc(C(C)Nc3ncnc4nc[nH]c34)cc3ccccc23)CC1.CC(=O)N1CCC(COc2nc(C(C)Nc3ncnc4nc[nH]c34)nc3cccc(C)c23)CC1. The second-order valence-corrected chi connectivity index (χ2v) is 35.4. The van der Waals surface area contributed by atoms with Gasteiger partial charge in [-0.15, -0.1) is 0 Å². The highest BCUT2D eigenvalue weighted by atomic mass is 35.5. The minimum absolute atomic E-state index is 0.114. The number of piperidine rings is 4. The lowest BCUT2D eigenvalue weighted by Crippen LogP contribution is -2.38. The van der Waals surface area contributed by atoms with Gasteiger partial charge in [-0.3, -0.25) is 19.2 Å². The number of halogens is 1. The molecule has 0 saturated carbocycles. The highest BCUT2D eigenvalue weighted by molar-refractivity contribution is 6.36. The van der Waals surface area contributed by atoms with Crippen LogP contribution in [0.1, 0.15) is 165 Å². The third-order valence-corrected chi connectivity index (χ3v) is 25.9. The van der Waals surface area contributed by atoms with Crippen LogP contribution >= 0.6 is 11.6 Å². The number of nitrogens with zero attached hydrogens (tertiary/aromatic N) is 21. The maximum Gasteiger partial charge on any atom is 0.225 e. The molecule has 20 rings (SSSR count). The molecule has 0 aliphatic carbocycles. The van der Waals surface area contributed by atoms with Crippen molar-refractivity contribution in [1.82, 2.24) is 124 Å². The van der Waals surface area contributed by atoms with Crippen LogP contribution in [0, 0.1) is 37.5 Å². The molecule has 12 aromatic heterocycles. The molecule has 4 amide bonds. The first-order valence-electron chi connectivity index (χ1n) is 45.9. The molecule has 4 atom stereocenters. The van der Waals surface area contributed by atoms with Gasteiger partial charge in [0.15, 0.2) is 51.7 Å². The van der Waals surface area contributed by atoms with Crippen molar-refractivity contribution in [2.75, 3.05) is 100 Å². The van der Waals surface area contributed by atoms with Gasteiger partial charge in [0.05, 0.1) is 114 Å². The van der Waals surface area contributed by atoms with Gasteiger partial charge in [0.2, 0.25) is 47.1 Å². The second kappa shape index (κ2) is 42.0. The van der Waals surface area contributed by atoms with E-state index in [-0.39, 0.29) is 47.8 Å². The number of H-pyrrole nitrogens is 4. The van der Waals surface area contributed by atoms with E-state index >= 15 is 0 Å². The highest BCUT2D eigenvalue weighted by Gasteiger charge is 2.30. The molecule has 16 heterocycles. The number of rotatable bonds is 24. The molecule has 4 saturated heterocycles. The largest absolute Gasteiger partial charge is 0.477 e. The van der Waals surface area contributed by atoms with Crippen LogP contribution in [-0.2, 0) is 19.2 Å². The fraction of sp³-hybridized carbons (Fsp3) is 0.392. The Balaban J connectivity index is 0.000000125. The van der Waals surface area contributed by atoms with Crippen LogP contribution < -0.4 is 40.2 Å². The van der Waals surface area contributed by atoms with Gasteiger partial charge in [0.25, 0.3) is 0 Å². The molecular formula is C97H110ClN29O8. The van der Waals surface area contributed by atoms with Crippen molar-refractivity contribution in [3.63, 3.8) is 0 Å². The standard InChI is InChI=1S/C25H29N7O2.C24H26ClN7O2.C24H28N8O2.C24H27N7O2/c1-15-5-4-6-19-11-20(16(2)30-24-22-23(27-13-26-22)28-14-29-24)31-25(21(15)19)34-12-18-7-9-32(10-8-18)17(3)33;1-14(30-23-21-22(27-12-26-21)28-13-29-23)19-10-17-4-3-5-18(25)20(17)24(31-19)34-11-16-6-8-32(9-7-16)15(2)33;1-14-5-4-6-18-19(14)24(34-11-17-7-9-32(10-8-17)16(3)33)31-21(30-18)15(2)29-23-20-22(26-12-25-20)27-13-28-23;1-15(29-23-21-22(26-13-25-21)27-14-28-23)20-11-18-5-3-4-6-19(18)24(30-20)33-12-17-7-9-31(10-8-17)16(2)32/h4-6,11,13-14,16,18H,7-10,12H2,1-3H3,(H2,26,27,28,29,30);3-5,10,12-14,16H,6-9,11H2,1-2H3,(H2,26,27,28,29,30);4-6,12-13,15,17H,7-11H2,1-3H3,(H2,25,26,27,28,29);3-6,11,13-15,17H,7-10,12H2,1-2H3,(H2,25,26,27,28,29). The zero-order chi connectivity index (χ0) is 93.8. The van der Waals surface area contributed by atoms with E-state index in [9.17, 15) is 19.2 Å². The maximum absolute atomic E-state index is 11.6. The monoisotopic (exact) mass is 1840 g/mol. The number of nitrogens with one attached hydrogen (secondary N) is 8. The number of anilines is 4. The number of amides is 4. The van der Waals surface area contributed by atoms with Crippen LogP contribution in [0.5, 0.6) is 23.5 Å². The van der Waals surface area contributed by atoms with E-state index in [1.807, 2.05) is 108 Å². The number of carbonyl (C=O) groups excluding carboxylic acids is 4. The van der Waals surface area contributed by atoms with Gasteiger partial charge in [0, 0.05) is 90.8 Å². The Bertz CT molecular complexity index is 6410. The summed E-state index contributed by atoms with van der Waals surface area (Å²) in [6.07, 6.45) is 19.8. The van der Waals surface area contributed by atoms with Crippen molar-refractivity contribution in [3.05, 3.63) is 187 Å². The van der Waals surface area contributed by atoms with Crippen molar-refractivity contribution >= 4 is 146 Å². The maximum atomic E-state index is 11.6. The highest BCUT2D eigenvalue weighted by Crippen LogP contribution is 2.39. The lowest BCUT2D eigenvalue weighted by atomic mass is 9.98. The van der Waals surface area contributed by atoms with Gasteiger partial charge in [-0.05, 0) is 180 Å². The quantitative estimate of drug-likeness (QED) is 0.0278. The van der Waals surface area contributed by atoms with Gasteiger partial charge < -0.3 is 79.8 Å². The van der Waals surface area contributed by atoms with E-state index in [2.05, 4.69) is 151 Å². The number of benzene rings is 4. The van der Waals surface area contributed by atoms with Crippen molar-refractivity contribution in [1.29, 1.82) is 0 Å². The van der Waals surface area contributed by atoms with Gasteiger partial charge in [-0.25, -0.2) is 79.7 Å². The molecule has 0 bridgehead atoms. The summed E-state index contributed by atoms with van der Waals surface area (Å²) in [5, 5.41) is 21.1. The van der Waals surface area contributed by atoms with Crippen molar-refractivity contribution in [3.8, 4) is 23.5 Å². The number of carbonyl (C=O) groups is 4. The van der Waals surface area contributed by atoms with Gasteiger partial charge in [0.1, 0.15) is 47.4 Å². The van der Waals surface area contributed by atoms with Crippen LogP contribution in [0.15, 0.2) is 148 Å². The van der Waals surface area contributed by atoms with Gasteiger partial charge >= 0.3 is 0 Å². The van der Waals surface area contributed by atoms with Crippen molar-refractivity contribution in [2.45, 2.75) is 145 Å². The number of pyridine rings is 3. The summed E-state index contributed by atoms with van der Waals surface area (Å²) in [6, 6.07) is 31.7. The predicted molar refractivity (Wildman–Crippen MR) is 516 cm³/mol. The number of aromatic nitrogens is 21. The molecule has 16 aromatic rings. The van der Waals surface area contributed by atoms with Crippen molar-refractivity contribution in [2.24, 2.45) is 23.7 Å². The number of ether oxygens (including phenoxy) is 4. The summed E-state index contributed by atoms with van der Waals surface area (Å²) in [5.41, 5.74) is 11.0. The lowest BCUT2D eigenvalue weighted by molar-refractivity contribution is -0.131. The molecule has 4 unspecified atom stereocenters. The summed E-state index contributed by atoms with van der Waals surface area (Å²) >= 11 is 6.54. The summed E-state index contributed by atoms with van der Waals surface area (Å²) in [6.45, 7) is 27.3. The molecule has 4 aliphatic rings. The number of aryl methyl sites for hydroxylation is 2. The third-order valence-electron chi connectivity index (χ3n) is 25.6. The summed E-state index contributed by atoms with van der Waals surface area (Å²) in [4.78, 5) is 142. The average Bonchev–Trinajstić information content (AvgIpc) is 1.76. The van der Waals surface area contributed by atoms with Crippen LogP contribution in [0.2, 0.25) is 5.02 Å². The number of imidazole rings is 4. The van der Waals surface area contributed by atoms with Crippen LogP contribution in [0.25, 0.3) is 87.9 Å². The average molecular weight is 1850 g/mol. The summed E-state index contributed by atoms with van der Waals surface area (Å²) < 4.78 is 25.2. The van der Waals surface area contributed by atoms with Crippen LogP contribution in [0.3, 0.4) is 0 Å². The molecule has 698 valence electrons. The van der Waals surface area contributed by atoms with E-state index in [4.69, 9.17) is 55.5 Å². The number of likely N-dealkylation sites (tertiary alicyclic amines) is 4. The van der Waals surface area contributed by atoms with E-state index in [0.717, 1.165) is 197 Å². The van der Waals surface area contributed by atoms with E-state index < -0.39 is 0 Å². The normalized spacial score (nSPS) is 15.6. The Kier molecular flexibility index (Phi) is 28.6. The van der Waals surface area contributed by atoms with E-state index in [1.165, 1.54) is 25.3 Å². The summed E-state index contributed by atoms with van der Waals surface area (Å²) in [7, 11) is 0. The fourth-order valence-corrected chi connectivity index (χ4v) is 17.8. The van der Waals surface area contributed by atoms with E-state index in [1.54, 1.807) is 53.0 Å². The second-order valence-electron chi connectivity index (χ2n) is 34.9. The lowest BCUT2D eigenvalue weighted by Gasteiger charge is -2.31. The zero-order valence-corrected chi connectivity index (χ0v) is 77.9. The van der Waals surface area contributed by atoms with Gasteiger partial charge in [-0.2, -0.15) is 4.98 Å². The molecule has 8 N–H and O–H groups in total. The first-order valence-corrected chi connectivity index (χ1v) is 46.3. The first-order chi connectivity index (χ1) is 65.6.